The fourth-order valence-electron chi connectivity index (χ4n) is 1.14. The Balaban J connectivity index is 0.00000128. The van der Waals surface area contributed by atoms with Crippen LogP contribution in [0.3, 0.4) is 0 Å². The SMILES string of the molecule is Clc1ccc(Sc2ccc(Cl)cc2)cc1.[Na]. The minimum absolute atomic E-state index is 0. The van der Waals surface area contributed by atoms with E-state index < -0.39 is 0 Å². The molecule has 0 N–H and O–H groups in total. The predicted octanol–water partition coefficient (Wildman–Crippen LogP) is 4.76. The summed E-state index contributed by atoms with van der Waals surface area (Å²) < 4.78 is 0. The summed E-state index contributed by atoms with van der Waals surface area (Å²) in [4.78, 5) is 2.34. The summed E-state index contributed by atoms with van der Waals surface area (Å²) in [5, 5.41) is 1.52. The van der Waals surface area contributed by atoms with Crippen molar-refractivity contribution in [2.75, 3.05) is 0 Å². The first kappa shape index (κ1) is 14.4. The number of hydrogen-bond acceptors (Lipinski definition) is 1. The molecule has 0 heterocycles. The van der Waals surface area contributed by atoms with Crippen LogP contribution in [-0.2, 0) is 0 Å². The molecule has 0 saturated carbocycles. The molecule has 16 heavy (non-hydrogen) atoms. The van der Waals surface area contributed by atoms with E-state index in [1.807, 2.05) is 48.5 Å². The van der Waals surface area contributed by atoms with Crippen LogP contribution in [0.4, 0.5) is 0 Å². The van der Waals surface area contributed by atoms with Crippen LogP contribution in [0, 0.1) is 0 Å². The van der Waals surface area contributed by atoms with Gasteiger partial charge in [0.15, 0.2) is 0 Å². The number of rotatable bonds is 2. The molecule has 0 aliphatic rings. The van der Waals surface area contributed by atoms with Crippen LogP contribution in [0.25, 0.3) is 0 Å². The van der Waals surface area contributed by atoms with E-state index in [0.29, 0.717) is 0 Å². The third-order valence-corrected chi connectivity index (χ3v) is 3.38. The Hall–Kier alpha value is 0.370. The molecule has 2 rings (SSSR count). The van der Waals surface area contributed by atoms with Crippen molar-refractivity contribution in [2.24, 2.45) is 0 Å². The molecule has 0 unspecified atom stereocenters. The molecule has 0 atom stereocenters. The fraction of sp³-hybridized carbons (Fsp3) is 0. The van der Waals surface area contributed by atoms with Gasteiger partial charge < -0.3 is 0 Å². The minimum Gasteiger partial charge on any atom is -0.0901 e. The molecule has 0 fully saturated rings. The van der Waals surface area contributed by atoms with Crippen LogP contribution in [0.5, 0.6) is 0 Å². The van der Waals surface area contributed by atoms with E-state index in [4.69, 9.17) is 23.2 Å². The smallest absolute Gasteiger partial charge is 0.0406 e. The molecule has 0 aliphatic carbocycles. The van der Waals surface area contributed by atoms with Gasteiger partial charge in [-0.25, -0.2) is 0 Å². The molecule has 0 spiro atoms. The molecule has 0 aromatic heterocycles. The summed E-state index contributed by atoms with van der Waals surface area (Å²) >= 11 is 13.3. The van der Waals surface area contributed by atoms with Crippen molar-refractivity contribution in [3.8, 4) is 0 Å². The van der Waals surface area contributed by atoms with Crippen molar-refractivity contribution in [1.82, 2.24) is 0 Å². The van der Waals surface area contributed by atoms with Gasteiger partial charge in [0, 0.05) is 49.4 Å². The molecule has 2 aromatic rings. The van der Waals surface area contributed by atoms with Crippen molar-refractivity contribution < 1.29 is 0 Å². The molecule has 0 nitrogen and oxygen atoms in total. The van der Waals surface area contributed by atoms with Crippen molar-refractivity contribution in [3.63, 3.8) is 0 Å². The maximum absolute atomic E-state index is 5.81. The quantitative estimate of drug-likeness (QED) is 0.713. The summed E-state index contributed by atoms with van der Waals surface area (Å²) in [5.41, 5.74) is 0. The first-order chi connectivity index (χ1) is 7.24. The molecule has 0 saturated heterocycles. The van der Waals surface area contributed by atoms with Crippen molar-refractivity contribution >= 4 is 64.5 Å². The monoisotopic (exact) mass is 277 g/mol. The van der Waals surface area contributed by atoms with Crippen LogP contribution in [-0.4, -0.2) is 29.6 Å². The van der Waals surface area contributed by atoms with E-state index in [2.05, 4.69) is 0 Å². The van der Waals surface area contributed by atoms with E-state index in [-0.39, 0.29) is 29.6 Å². The number of benzene rings is 2. The summed E-state index contributed by atoms with van der Waals surface area (Å²) in [5.74, 6) is 0. The zero-order chi connectivity index (χ0) is 10.7. The maximum Gasteiger partial charge on any atom is 0.0406 e. The van der Waals surface area contributed by atoms with E-state index in [9.17, 15) is 0 Å². The summed E-state index contributed by atoms with van der Waals surface area (Å²) in [6, 6.07) is 15.6. The van der Waals surface area contributed by atoms with Gasteiger partial charge in [0.2, 0.25) is 0 Å². The Morgan fingerprint density at radius 3 is 1.25 bits per heavy atom. The average Bonchev–Trinajstić information content (AvgIpc) is 2.25. The topological polar surface area (TPSA) is 0 Å². The van der Waals surface area contributed by atoms with Crippen LogP contribution in [0.15, 0.2) is 58.3 Å². The molecule has 0 bridgehead atoms. The Kier molecular flexibility index (Phi) is 6.27. The van der Waals surface area contributed by atoms with Gasteiger partial charge in [-0.1, -0.05) is 35.0 Å². The fourth-order valence-corrected chi connectivity index (χ4v) is 2.21. The number of hydrogen-bond donors (Lipinski definition) is 0. The Bertz CT molecular complexity index is 396. The van der Waals surface area contributed by atoms with Crippen molar-refractivity contribution in [1.29, 1.82) is 0 Å². The minimum atomic E-state index is 0. The van der Waals surface area contributed by atoms with E-state index >= 15 is 0 Å². The van der Waals surface area contributed by atoms with Gasteiger partial charge in [0.25, 0.3) is 0 Å². The van der Waals surface area contributed by atoms with Crippen LogP contribution in [0.1, 0.15) is 0 Å². The maximum atomic E-state index is 5.81. The van der Waals surface area contributed by atoms with Gasteiger partial charge in [-0.15, -0.1) is 0 Å². The van der Waals surface area contributed by atoms with Gasteiger partial charge in [0.1, 0.15) is 0 Å². The second kappa shape index (κ2) is 6.95. The van der Waals surface area contributed by atoms with Gasteiger partial charge in [-0.05, 0) is 48.5 Å². The van der Waals surface area contributed by atoms with E-state index in [1.165, 1.54) is 9.79 Å². The largest absolute Gasteiger partial charge is 0.0901 e. The zero-order valence-electron chi connectivity index (χ0n) is 8.78. The first-order valence-corrected chi connectivity index (χ1v) is 6.00. The first-order valence-electron chi connectivity index (χ1n) is 4.43. The van der Waals surface area contributed by atoms with Gasteiger partial charge in [0.05, 0.1) is 0 Å². The Morgan fingerprint density at radius 1 is 0.625 bits per heavy atom. The van der Waals surface area contributed by atoms with E-state index in [0.717, 1.165) is 10.0 Å². The van der Waals surface area contributed by atoms with Crippen molar-refractivity contribution in [2.45, 2.75) is 9.79 Å². The predicted molar refractivity (Wildman–Crippen MR) is 72.8 cm³/mol. The second-order valence-corrected chi connectivity index (χ2v) is 5.03. The normalized spacial score (nSPS) is 9.62. The van der Waals surface area contributed by atoms with Gasteiger partial charge >= 0.3 is 0 Å². The molecule has 0 aliphatic heterocycles. The van der Waals surface area contributed by atoms with Crippen molar-refractivity contribution in [3.05, 3.63) is 58.6 Å². The van der Waals surface area contributed by atoms with Gasteiger partial charge in [-0.3, -0.25) is 0 Å². The Morgan fingerprint density at radius 2 is 0.938 bits per heavy atom. The molecule has 77 valence electrons. The Labute approximate surface area is 132 Å². The molecule has 4 heteroatoms. The zero-order valence-corrected chi connectivity index (χ0v) is 13.1. The standard InChI is InChI=1S/C12H8Cl2S.Na/c13-9-1-5-11(6-2-9)15-12-7-3-10(14)4-8-12;/h1-8H;. The third-order valence-electron chi connectivity index (χ3n) is 1.86. The van der Waals surface area contributed by atoms with Gasteiger partial charge in [-0.2, -0.15) is 0 Å². The molecular weight excluding hydrogens is 270 g/mol. The molecule has 0 amide bonds. The summed E-state index contributed by atoms with van der Waals surface area (Å²) in [6.45, 7) is 0. The molecule has 2 aromatic carbocycles. The molecule has 1 radical (unpaired) electrons. The third kappa shape index (κ3) is 4.33. The van der Waals surface area contributed by atoms with Crippen LogP contribution < -0.4 is 0 Å². The average molecular weight is 278 g/mol. The van der Waals surface area contributed by atoms with E-state index in [1.54, 1.807) is 11.8 Å². The van der Waals surface area contributed by atoms with Crippen LogP contribution in [0.2, 0.25) is 10.0 Å². The summed E-state index contributed by atoms with van der Waals surface area (Å²) in [7, 11) is 0. The second-order valence-electron chi connectivity index (χ2n) is 3.01. The molecular formula is C12H8Cl2NaS. The summed E-state index contributed by atoms with van der Waals surface area (Å²) in [6.07, 6.45) is 0. The van der Waals surface area contributed by atoms with Crippen LogP contribution >= 0.6 is 35.0 Å². The number of halogens is 2.